The molecule has 0 aliphatic rings. The number of hydrogen-bond donors (Lipinski definition) is 2. The molecule has 7 heteroatoms. The fraction of sp³-hybridized carbons (Fsp3) is 0.100. The first kappa shape index (κ1) is 18.3. The Kier molecular flexibility index (Phi) is 5.30. The molecule has 2 aromatic carbocycles. The lowest BCUT2D eigenvalue weighted by atomic mass is 10.1. The second kappa shape index (κ2) is 7.82. The summed E-state index contributed by atoms with van der Waals surface area (Å²) in [6, 6.07) is 11.3. The highest BCUT2D eigenvalue weighted by Gasteiger charge is 2.14. The summed E-state index contributed by atoms with van der Waals surface area (Å²) in [7, 11) is 0. The van der Waals surface area contributed by atoms with Crippen molar-refractivity contribution in [2.45, 2.75) is 13.5 Å². The van der Waals surface area contributed by atoms with Gasteiger partial charge in [-0.1, -0.05) is 6.07 Å². The van der Waals surface area contributed by atoms with Gasteiger partial charge in [-0.3, -0.25) is 10.0 Å². The lowest BCUT2D eigenvalue weighted by molar-refractivity contribution is -0.904. The zero-order valence-corrected chi connectivity index (χ0v) is 14.4. The Morgan fingerprint density at radius 1 is 1.11 bits per heavy atom. The number of amides is 1. The van der Waals surface area contributed by atoms with Crippen LogP contribution in [0.15, 0.2) is 60.9 Å². The molecule has 3 rings (SSSR count). The van der Waals surface area contributed by atoms with Gasteiger partial charge in [0.25, 0.3) is 5.91 Å². The van der Waals surface area contributed by atoms with E-state index in [0.717, 1.165) is 10.8 Å². The van der Waals surface area contributed by atoms with E-state index in [4.69, 9.17) is 4.74 Å². The van der Waals surface area contributed by atoms with Crippen LogP contribution in [0.1, 0.15) is 21.5 Å². The molecule has 138 valence electrons. The molecule has 0 aliphatic heterocycles. The summed E-state index contributed by atoms with van der Waals surface area (Å²) in [5, 5.41) is 11.9. The molecule has 0 aliphatic carbocycles. The van der Waals surface area contributed by atoms with E-state index in [1.54, 1.807) is 37.3 Å². The quantitative estimate of drug-likeness (QED) is 0.533. The average Bonchev–Trinajstić information content (AvgIpc) is 2.62. The minimum atomic E-state index is -0.696. The van der Waals surface area contributed by atoms with Crippen LogP contribution in [0.4, 0.5) is 8.78 Å². The highest BCUT2D eigenvalue weighted by Crippen LogP contribution is 2.26. The molecule has 27 heavy (non-hydrogen) atoms. The standard InChI is InChI=1S/C20H16F2N2O3/c1-13-18(20(25)23-12-14-9-15(21)11-16(22)10-14)3-2-4-19(13)27-17-5-7-24(26)8-6-17/h2-11H,12H2,1H3,(H-,23,25,26)/p+1. The molecule has 1 aromatic heterocycles. The fourth-order valence-electron chi connectivity index (χ4n) is 2.56. The van der Waals surface area contributed by atoms with Gasteiger partial charge in [0.1, 0.15) is 23.1 Å². The molecule has 0 radical (unpaired) electrons. The summed E-state index contributed by atoms with van der Waals surface area (Å²) in [4.78, 5) is 12.5. The minimum absolute atomic E-state index is 0.00672. The van der Waals surface area contributed by atoms with Crippen LogP contribution in [0, 0.1) is 18.6 Å². The van der Waals surface area contributed by atoms with E-state index >= 15 is 0 Å². The van der Waals surface area contributed by atoms with E-state index in [9.17, 15) is 18.8 Å². The number of pyridine rings is 1. The monoisotopic (exact) mass is 371 g/mol. The highest BCUT2D eigenvalue weighted by atomic mass is 19.1. The smallest absolute Gasteiger partial charge is 0.251 e. The minimum Gasteiger partial charge on any atom is -0.457 e. The molecule has 0 spiro atoms. The van der Waals surface area contributed by atoms with Crippen molar-refractivity contribution in [1.82, 2.24) is 5.32 Å². The van der Waals surface area contributed by atoms with Crippen LogP contribution in [-0.2, 0) is 6.54 Å². The first-order chi connectivity index (χ1) is 12.9. The Hall–Kier alpha value is -3.48. The second-order valence-electron chi connectivity index (χ2n) is 5.91. The molecule has 2 N–H and O–H groups in total. The summed E-state index contributed by atoms with van der Waals surface area (Å²) >= 11 is 0. The van der Waals surface area contributed by atoms with Gasteiger partial charge in [-0.25, -0.2) is 8.78 Å². The fourth-order valence-corrected chi connectivity index (χ4v) is 2.56. The molecule has 0 saturated carbocycles. The molecule has 3 aromatic rings. The van der Waals surface area contributed by atoms with E-state index in [1.165, 1.54) is 24.5 Å². The van der Waals surface area contributed by atoms with Crippen molar-refractivity contribution in [3.63, 3.8) is 0 Å². The Labute approximate surface area is 154 Å². The van der Waals surface area contributed by atoms with E-state index < -0.39 is 11.6 Å². The van der Waals surface area contributed by atoms with Gasteiger partial charge in [0.05, 0.1) is 0 Å². The normalized spacial score (nSPS) is 10.5. The van der Waals surface area contributed by atoms with Gasteiger partial charge in [0.15, 0.2) is 0 Å². The van der Waals surface area contributed by atoms with Crippen molar-refractivity contribution >= 4 is 5.91 Å². The van der Waals surface area contributed by atoms with Crippen LogP contribution in [-0.4, -0.2) is 11.1 Å². The first-order valence-electron chi connectivity index (χ1n) is 8.13. The molecule has 0 unspecified atom stereocenters. The van der Waals surface area contributed by atoms with Crippen molar-refractivity contribution in [2.24, 2.45) is 0 Å². The number of rotatable bonds is 5. The van der Waals surface area contributed by atoms with Crippen LogP contribution in [0.5, 0.6) is 11.5 Å². The van der Waals surface area contributed by atoms with E-state index in [1.807, 2.05) is 0 Å². The van der Waals surface area contributed by atoms with Gasteiger partial charge in [0.2, 0.25) is 12.4 Å². The van der Waals surface area contributed by atoms with Crippen molar-refractivity contribution in [2.75, 3.05) is 0 Å². The SMILES string of the molecule is Cc1c(Oc2cc[n+](O)cc2)cccc1C(=O)NCc1cc(F)cc(F)c1. The van der Waals surface area contributed by atoms with Crippen LogP contribution >= 0.6 is 0 Å². The summed E-state index contributed by atoms with van der Waals surface area (Å²) < 4.78 is 33.1. The maximum absolute atomic E-state index is 13.2. The van der Waals surface area contributed by atoms with E-state index in [0.29, 0.717) is 28.2 Å². The topological polar surface area (TPSA) is 62.4 Å². The molecular formula is C20H17F2N2O3+. The lowest BCUT2D eigenvalue weighted by Crippen LogP contribution is -2.27. The number of halogens is 2. The number of hydrogen-bond acceptors (Lipinski definition) is 3. The van der Waals surface area contributed by atoms with Crippen LogP contribution < -0.4 is 14.8 Å². The third-order valence-corrected chi connectivity index (χ3v) is 3.92. The lowest BCUT2D eigenvalue weighted by Gasteiger charge is -2.12. The van der Waals surface area contributed by atoms with Gasteiger partial charge < -0.3 is 10.1 Å². The predicted molar refractivity (Wildman–Crippen MR) is 92.6 cm³/mol. The van der Waals surface area contributed by atoms with Crippen LogP contribution in [0.25, 0.3) is 0 Å². The van der Waals surface area contributed by atoms with Crippen molar-refractivity contribution < 1.29 is 28.2 Å². The summed E-state index contributed by atoms with van der Waals surface area (Å²) in [6.07, 6.45) is 2.83. The van der Waals surface area contributed by atoms with Crippen molar-refractivity contribution in [3.8, 4) is 11.5 Å². The van der Waals surface area contributed by atoms with Gasteiger partial charge in [-0.2, -0.15) is 0 Å². The van der Waals surface area contributed by atoms with Gasteiger partial charge in [-0.05, 0) is 36.8 Å². The van der Waals surface area contributed by atoms with E-state index in [-0.39, 0.29) is 12.5 Å². The van der Waals surface area contributed by atoms with Crippen molar-refractivity contribution in [3.05, 3.63) is 89.2 Å². The molecule has 0 saturated heterocycles. The van der Waals surface area contributed by atoms with Gasteiger partial charge >= 0.3 is 0 Å². The number of benzene rings is 2. The first-order valence-corrected chi connectivity index (χ1v) is 8.13. The molecule has 0 atom stereocenters. The maximum atomic E-state index is 13.2. The molecule has 1 heterocycles. The van der Waals surface area contributed by atoms with Crippen LogP contribution in [0.2, 0.25) is 0 Å². The molecule has 1 amide bonds. The highest BCUT2D eigenvalue weighted by molar-refractivity contribution is 5.96. The number of aromatic nitrogens is 1. The average molecular weight is 371 g/mol. The van der Waals surface area contributed by atoms with Gasteiger partial charge in [-0.15, -0.1) is 0 Å². The Bertz CT molecular complexity index is 955. The number of nitrogens with one attached hydrogen (secondary N) is 1. The Morgan fingerprint density at radius 2 is 1.78 bits per heavy atom. The number of carbonyl (C=O) groups excluding carboxylic acids is 1. The summed E-state index contributed by atoms with van der Waals surface area (Å²) in [6.45, 7) is 1.73. The number of nitrogens with zero attached hydrogens (tertiary/aromatic N) is 1. The van der Waals surface area contributed by atoms with Gasteiger partial charge in [0, 0.05) is 40.6 Å². The summed E-state index contributed by atoms with van der Waals surface area (Å²) in [5.74, 6) is -0.800. The largest absolute Gasteiger partial charge is 0.457 e. The zero-order chi connectivity index (χ0) is 19.4. The Morgan fingerprint density at radius 3 is 2.44 bits per heavy atom. The predicted octanol–water partition coefficient (Wildman–Crippen LogP) is 3.52. The number of ether oxygens (including phenoxy) is 1. The summed E-state index contributed by atoms with van der Waals surface area (Å²) in [5.41, 5.74) is 1.33. The van der Waals surface area contributed by atoms with Crippen LogP contribution in [0.3, 0.4) is 0 Å². The molecule has 5 nitrogen and oxygen atoms in total. The second-order valence-corrected chi connectivity index (χ2v) is 5.91. The number of carbonyl (C=O) groups is 1. The zero-order valence-electron chi connectivity index (χ0n) is 14.4. The third-order valence-electron chi connectivity index (χ3n) is 3.92. The maximum Gasteiger partial charge on any atom is 0.251 e. The Balaban J connectivity index is 1.74. The molecular weight excluding hydrogens is 354 g/mol. The van der Waals surface area contributed by atoms with E-state index in [2.05, 4.69) is 5.32 Å². The van der Waals surface area contributed by atoms with Crippen molar-refractivity contribution in [1.29, 1.82) is 0 Å². The molecule has 0 bridgehead atoms. The molecule has 0 fully saturated rings. The third kappa shape index (κ3) is 4.58.